The fraction of sp³-hybridized carbons (Fsp3) is 0.533. The molecule has 0 aliphatic rings. The van der Waals surface area contributed by atoms with Crippen LogP contribution in [0.3, 0.4) is 0 Å². The van der Waals surface area contributed by atoms with E-state index in [4.69, 9.17) is 16.3 Å². The number of halogens is 2. The van der Waals surface area contributed by atoms with E-state index in [2.05, 4.69) is 22.1 Å². The summed E-state index contributed by atoms with van der Waals surface area (Å²) in [7, 11) is 3.74. The van der Waals surface area contributed by atoms with Crippen LogP contribution in [0.2, 0.25) is 5.02 Å². The Hall–Kier alpha value is -0.530. The molecule has 0 heterocycles. The third kappa shape index (κ3) is 8.48. The molecule has 0 aromatic heterocycles. The Bertz CT molecular complexity index is 412. The molecule has 0 aliphatic carbocycles. The number of benzene rings is 1. The maximum atomic E-state index is 5.90. The van der Waals surface area contributed by atoms with Gasteiger partial charge in [0.1, 0.15) is 0 Å². The van der Waals surface area contributed by atoms with Crippen LogP contribution >= 0.6 is 35.6 Å². The Kier molecular flexibility index (Phi) is 11.8. The molecule has 4 nitrogen and oxygen atoms in total. The molecule has 0 aliphatic heterocycles. The summed E-state index contributed by atoms with van der Waals surface area (Å²) in [5.41, 5.74) is 1.21. The van der Waals surface area contributed by atoms with Gasteiger partial charge in [-0.15, -0.1) is 24.0 Å². The fourth-order valence-corrected chi connectivity index (χ4v) is 1.93. The Labute approximate surface area is 149 Å². The van der Waals surface area contributed by atoms with E-state index in [9.17, 15) is 0 Å². The van der Waals surface area contributed by atoms with Crippen LogP contribution in [0.25, 0.3) is 0 Å². The van der Waals surface area contributed by atoms with Crippen LogP contribution in [0.4, 0.5) is 0 Å². The van der Waals surface area contributed by atoms with Gasteiger partial charge in [-0.3, -0.25) is 4.99 Å². The zero-order valence-corrected chi connectivity index (χ0v) is 16.0. The summed E-state index contributed by atoms with van der Waals surface area (Å²) in [6.07, 6.45) is 0.931. The van der Waals surface area contributed by atoms with Gasteiger partial charge in [0.15, 0.2) is 5.96 Å². The SMILES string of the molecule is CCNC(=NCCCOC)N(C)Cc1ccc(Cl)cc1.I. The Morgan fingerprint density at radius 2 is 2.00 bits per heavy atom. The van der Waals surface area contributed by atoms with Crippen molar-refractivity contribution in [3.05, 3.63) is 34.9 Å². The van der Waals surface area contributed by atoms with Gasteiger partial charge < -0.3 is 15.0 Å². The van der Waals surface area contributed by atoms with Gasteiger partial charge in [0.25, 0.3) is 0 Å². The first-order valence-corrected chi connectivity index (χ1v) is 7.28. The quantitative estimate of drug-likeness (QED) is 0.315. The molecule has 1 aromatic rings. The number of methoxy groups -OCH3 is 1. The molecule has 0 unspecified atom stereocenters. The summed E-state index contributed by atoms with van der Waals surface area (Å²) in [5, 5.41) is 4.06. The first-order chi connectivity index (χ1) is 9.67. The molecule has 0 amide bonds. The molecule has 0 atom stereocenters. The van der Waals surface area contributed by atoms with Gasteiger partial charge in [-0.25, -0.2) is 0 Å². The highest BCUT2D eigenvalue weighted by Crippen LogP contribution is 2.11. The highest BCUT2D eigenvalue weighted by atomic mass is 127. The zero-order valence-electron chi connectivity index (χ0n) is 12.9. The molecule has 1 rings (SSSR count). The molecule has 0 spiro atoms. The van der Waals surface area contributed by atoms with Crippen LogP contribution in [-0.2, 0) is 11.3 Å². The van der Waals surface area contributed by atoms with Crippen molar-refractivity contribution in [1.29, 1.82) is 0 Å². The average Bonchev–Trinajstić information content (AvgIpc) is 2.44. The highest BCUT2D eigenvalue weighted by Gasteiger charge is 2.06. The third-order valence-corrected chi connectivity index (χ3v) is 3.05. The molecule has 0 fully saturated rings. The number of ether oxygens (including phenoxy) is 1. The topological polar surface area (TPSA) is 36.9 Å². The minimum atomic E-state index is 0. The number of aliphatic imine (C=N–C) groups is 1. The predicted molar refractivity (Wildman–Crippen MR) is 101 cm³/mol. The van der Waals surface area contributed by atoms with E-state index in [1.165, 1.54) is 5.56 Å². The van der Waals surface area contributed by atoms with E-state index in [0.29, 0.717) is 0 Å². The summed E-state index contributed by atoms with van der Waals surface area (Å²) < 4.78 is 5.04. The largest absolute Gasteiger partial charge is 0.385 e. The van der Waals surface area contributed by atoms with Crippen molar-refractivity contribution in [2.75, 3.05) is 33.9 Å². The van der Waals surface area contributed by atoms with E-state index >= 15 is 0 Å². The third-order valence-electron chi connectivity index (χ3n) is 2.80. The first-order valence-electron chi connectivity index (χ1n) is 6.90. The minimum absolute atomic E-state index is 0. The Morgan fingerprint density at radius 3 is 2.57 bits per heavy atom. The van der Waals surface area contributed by atoms with Crippen LogP contribution in [-0.4, -0.2) is 44.7 Å². The lowest BCUT2D eigenvalue weighted by molar-refractivity contribution is 0.197. The molecule has 0 saturated carbocycles. The van der Waals surface area contributed by atoms with Crippen LogP contribution < -0.4 is 5.32 Å². The standard InChI is InChI=1S/C15H24ClN3O.HI/c1-4-17-15(18-10-5-11-20-3)19(2)12-13-6-8-14(16)9-7-13;/h6-9H,4-5,10-12H2,1-3H3,(H,17,18);1H. The van der Waals surface area contributed by atoms with Gasteiger partial charge >= 0.3 is 0 Å². The van der Waals surface area contributed by atoms with Crippen molar-refractivity contribution in [3.63, 3.8) is 0 Å². The van der Waals surface area contributed by atoms with Gasteiger partial charge in [0.2, 0.25) is 0 Å². The van der Waals surface area contributed by atoms with Crippen molar-refractivity contribution in [1.82, 2.24) is 10.2 Å². The summed E-state index contributed by atoms with van der Waals surface area (Å²) >= 11 is 5.90. The van der Waals surface area contributed by atoms with Crippen LogP contribution in [0.1, 0.15) is 18.9 Å². The van der Waals surface area contributed by atoms with Gasteiger partial charge in [0, 0.05) is 45.4 Å². The van der Waals surface area contributed by atoms with Crippen molar-refractivity contribution in [2.45, 2.75) is 19.9 Å². The van der Waals surface area contributed by atoms with E-state index < -0.39 is 0 Å². The molecular weight excluding hydrogens is 401 g/mol. The smallest absolute Gasteiger partial charge is 0.193 e. The van der Waals surface area contributed by atoms with Crippen molar-refractivity contribution < 1.29 is 4.74 Å². The van der Waals surface area contributed by atoms with Crippen molar-refractivity contribution >= 4 is 41.5 Å². The Balaban J connectivity index is 0.00000400. The van der Waals surface area contributed by atoms with E-state index in [1.54, 1.807) is 7.11 Å². The number of hydrogen-bond donors (Lipinski definition) is 1. The molecule has 21 heavy (non-hydrogen) atoms. The molecule has 0 saturated heterocycles. The molecule has 0 bridgehead atoms. The number of nitrogens with zero attached hydrogens (tertiary/aromatic N) is 2. The fourth-order valence-electron chi connectivity index (χ4n) is 1.80. The first kappa shape index (κ1) is 20.5. The van der Waals surface area contributed by atoms with Crippen LogP contribution in [0.5, 0.6) is 0 Å². The number of hydrogen-bond acceptors (Lipinski definition) is 2. The van der Waals surface area contributed by atoms with Gasteiger partial charge in [-0.1, -0.05) is 23.7 Å². The monoisotopic (exact) mass is 425 g/mol. The summed E-state index contributed by atoms with van der Waals surface area (Å²) in [5.74, 6) is 0.915. The van der Waals surface area contributed by atoms with Crippen LogP contribution in [0.15, 0.2) is 29.3 Å². The van der Waals surface area contributed by atoms with Crippen molar-refractivity contribution in [2.24, 2.45) is 4.99 Å². The summed E-state index contributed by atoms with van der Waals surface area (Å²) in [6, 6.07) is 7.89. The van der Waals surface area contributed by atoms with Gasteiger partial charge in [0.05, 0.1) is 0 Å². The molecule has 6 heteroatoms. The predicted octanol–water partition coefficient (Wildman–Crippen LogP) is 3.39. The second-order valence-corrected chi connectivity index (χ2v) is 5.00. The van der Waals surface area contributed by atoms with E-state index in [-0.39, 0.29) is 24.0 Å². The lowest BCUT2D eigenvalue weighted by Gasteiger charge is -2.22. The second kappa shape index (κ2) is 12.1. The van der Waals surface area contributed by atoms with E-state index in [0.717, 1.165) is 43.6 Å². The molecule has 1 aromatic carbocycles. The molecule has 120 valence electrons. The number of guanidine groups is 1. The number of rotatable bonds is 7. The maximum Gasteiger partial charge on any atom is 0.193 e. The normalized spacial score (nSPS) is 11.0. The highest BCUT2D eigenvalue weighted by molar-refractivity contribution is 14.0. The summed E-state index contributed by atoms with van der Waals surface area (Å²) in [4.78, 5) is 6.70. The van der Waals surface area contributed by atoms with Crippen LogP contribution in [0, 0.1) is 0 Å². The summed E-state index contributed by atoms with van der Waals surface area (Å²) in [6.45, 7) is 5.23. The maximum absolute atomic E-state index is 5.90. The van der Waals surface area contributed by atoms with Gasteiger partial charge in [-0.05, 0) is 31.0 Å². The molecule has 1 N–H and O–H groups in total. The molecule has 0 radical (unpaired) electrons. The lowest BCUT2D eigenvalue weighted by Crippen LogP contribution is -2.38. The number of nitrogens with one attached hydrogen (secondary N) is 1. The Morgan fingerprint density at radius 1 is 1.33 bits per heavy atom. The molecular formula is C15H25ClIN3O. The second-order valence-electron chi connectivity index (χ2n) is 4.56. The minimum Gasteiger partial charge on any atom is -0.385 e. The van der Waals surface area contributed by atoms with E-state index in [1.807, 2.05) is 31.3 Å². The van der Waals surface area contributed by atoms with Crippen molar-refractivity contribution in [3.8, 4) is 0 Å². The lowest BCUT2D eigenvalue weighted by atomic mass is 10.2. The zero-order chi connectivity index (χ0) is 14.8. The van der Waals surface area contributed by atoms with Gasteiger partial charge in [-0.2, -0.15) is 0 Å². The average molecular weight is 426 g/mol.